The molecule has 6 heteroatoms. The number of halogens is 1. The number of urea groups is 1. The molecule has 106 valence electrons. The SMILES string of the molecule is CC(C)C1C(=O)NC(=O)N(Cc2ccc(Br)cc2)C1=O. The number of hydrogen-bond acceptors (Lipinski definition) is 3. The normalized spacial score (nSPS) is 19.5. The van der Waals surface area contributed by atoms with E-state index in [1.165, 1.54) is 0 Å². The standard InChI is InChI=1S/C14H15BrN2O3/c1-8(2)11-12(18)16-14(20)17(13(11)19)7-9-3-5-10(15)6-4-9/h3-6,8,11H,7H2,1-2H3,(H,16,18,20). The lowest BCUT2D eigenvalue weighted by Crippen LogP contribution is -2.58. The summed E-state index contributed by atoms with van der Waals surface area (Å²) < 4.78 is 0.922. The minimum atomic E-state index is -0.803. The largest absolute Gasteiger partial charge is 0.331 e. The molecule has 1 fully saturated rings. The van der Waals surface area contributed by atoms with Crippen molar-refractivity contribution in [3.8, 4) is 0 Å². The smallest absolute Gasteiger partial charge is 0.277 e. The van der Waals surface area contributed by atoms with Crippen LogP contribution in [0.2, 0.25) is 0 Å². The van der Waals surface area contributed by atoms with Crippen molar-refractivity contribution in [3.63, 3.8) is 0 Å². The average molecular weight is 339 g/mol. The molecule has 1 saturated heterocycles. The van der Waals surface area contributed by atoms with Gasteiger partial charge >= 0.3 is 6.03 Å². The third-order valence-electron chi connectivity index (χ3n) is 3.21. The highest BCUT2D eigenvalue weighted by Gasteiger charge is 2.41. The fourth-order valence-electron chi connectivity index (χ4n) is 2.14. The number of amides is 4. The summed E-state index contributed by atoms with van der Waals surface area (Å²) in [6, 6.07) is 6.68. The Kier molecular flexibility index (Phi) is 4.23. The molecule has 1 aromatic carbocycles. The molecule has 0 radical (unpaired) electrons. The van der Waals surface area contributed by atoms with Gasteiger partial charge in [0.05, 0.1) is 6.54 Å². The van der Waals surface area contributed by atoms with Gasteiger partial charge in [0.15, 0.2) is 0 Å². The van der Waals surface area contributed by atoms with Crippen LogP contribution in [0.15, 0.2) is 28.7 Å². The maximum Gasteiger partial charge on any atom is 0.331 e. The van der Waals surface area contributed by atoms with Gasteiger partial charge in [-0.2, -0.15) is 0 Å². The van der Waals surface area contributed by atoms with Gasteiger partial charge in [-0.15, -0.1) is 0 Å². The number of nitrogens with zero attached hydrogens (tertiary/aromatic N) is 1. The van der Waals surface area contributed by atoms with Gasteiger partial charge in [0.2, 0.25) is 11.8 Å². The predicted molar refractivity (Wildman–Crippen MR) is 76.6 cm³/mol. The quantitative estimate of drug-likeness (QED) is 0.860. The highest BCUT2D eigenvalue weighted by Crippen LogP contribution is 2.21. The zero-order valence-corrected chi connectivity index (χ0v) is 12.8. The van der Waals surface area contributed by atoms with Gasteiger partial charge in [0, 0.05) is 4.47 Å². The molecule has 5 nitrogen and oxygen atoms in total. The van der Waals surface area contributed by atoms with E-state index in [-0.39, 0.29) is 12.5 Å². The summed E-state index contributed by atoms with van der Waals surface area (Å²) in [4.78, 5) is 36.9. The summed E-state index contributed by atoms with van der Waals surface area (Å²) in [5, 5.41) is 2.24. The highest BCUT2D eigenvalue weighted by atomic mass is 79.9. The second-order valence-electron chi connectivity index (χ2n) is 5.07. The zero-order chi connectivity index (χ0) is 14.9. The third-order valence-corrected chi connectivity index (χ3v) is 3.74. The van der Waals surface area contributed by atoms with Gasteiger partial charge in [-0.3, -0.25) is 19.8 Å². The molecule has 4 amide bonds. The lowest BCUT2D eigenvalue weighted by Gasteiger charge is -2.31. The van der Waals surface area contributed by atoms with Crippen LogP contribution in [0, 0.1) is 11.8 Å². The molecule has 0 spiro atoms. The molecule has 20 heavy (non-hydrogen) atoms. The summed E-state index contributed by atoms with van der Waals surface area (Å²) in [6.45, 7) is 3.74. The van der Waals surface area contributed by atoms with E-state index in [0.29, 0.717) is 0 Å². The van der Waals surface area contributed by atoms with Crippen molar-refractivity contribution in [1.82, 2.24) is 10.2 Å². The van der Waals surface area contributed by atoms with Gasteiger partial charge in [0.25, 0.3) is 0 Å². The van der Waals surface area contributed by atoms with Gasteiger partial charge in [0.1, 0.15) is 5.92 Å². The average Bonchev–Trinajstić information content (AvgIpc) is 2.36. The summed E-state index contributed by atoms with van der Waals surface area (Å²) in [5.41, 5.74) is 0.827. The Morgan fingerprint density at radius 2 is 1.80 bits per heavy atom. The number of rotatable bonds is 3. The lowest BCUT2D eigenvalue weighted by molar-refractivity contribution is -0.144. The molecule has 1 aromatic rings. The number of carbonyl (C=O) groups excluding carboxylic acids is 3. The number of barbiturate groups is 1. The van der Waals surface area contributed by atoms with Crippen LogP contribution in [0.3, 0.4) is 0 Å². The molecule has 0 bridgehead atoms. The number of imide groups is 2. The van der Waals surface area contributed by atoms with Crippen LogP contribution in [-0.2, 0) is 16.1 Å². The summed E-state index contributed by atoms with van der Waals surface area (Å²) >= 11 is 3.33. The Morgan fingerprint density at radius 1 is 1.20 bits per heavy atom. The molecule has 0 aliphatic carbocycles. The Balaban J connectivity index is 2.21. The number of hydrogen-bond donors (Lipinski definition) is 1. The van der Waals surface area contributed by atoms with Crippen LogP contribution in [0.4, 0.5) is 4.79 Å². The maximum atomic E-state index is 12.3. The Bertz CT molecular complexity index is 554. The first-order valence-electron chi connectivity index (χ1n) is 6.31. The fourth-order valence-corrected chi connectivity index (χ4v) is 2.41. The van der Waals surface area contributed by atoms with E-state index >= 15 is 0 Å². The molecule has 2 rings (SSSR count). The molecule has 1 aliphatic heterocycles. The first-order valence-corrected chi connectivity index (χ1v) is 7.10. The molecular formula is C14H15BrN2O3. The Hall–Kier alpha value is -1.69. The Labute approximate surface area is 125 Å². The molecule has 1 unspecified atom stereocenters. The van der Waals surface area contributed by atoms with Crippen LogP contribution >= 0.6 is 15.9 Å². The van der Waals surface area contributed by atoms with E-state index in [4.69, 9.17) is 0 Å². The minimum Gasteiger partial charge on any atom is -0.277 e. The van der Waals surface area contributed by atoms with Crippen molar-refractivity contribution in [1.29, 1.82) is 0 Å². The minimum absolute atomic E-state index is 0.150. The van der Waals surface area contributed by atoms with E-state index in [1.807, 2.05) is 24.3 Å². The molecule has 1 heterocycles. The van der Waals surface area contributed by atoms with E-state index in [0.717, 1.165) is 14.9 Å². The summed E-state index contributed by atoms with van der Waals surface area (Å²) in [7, 11) is 0. The summed E-state index contributed by atoms with van der Waals surface area (Å²) in [5.74, 6) is -1.90. The van der Waals surface area contributed by atoms with Crippen molar-refractivity contribution in [2.24, 2.45) is 11.8 Å². The van der Waals surface area contributed by atoms with Gasteiger partial charge in [-0.25, -0.2) is 4.79 Å². The summed E-state index contributed by atoms with van der Waals surface area (Å²) in [6.07, 6.45) is 0. The van der Waals surface area contributed by atoms with Crippen LogP contribution in [-0.4, -0.2) is 22.7 Å². The van der Waals surface area contributed by atoms with Crippen LogP contribution in [0.5, 0.6) is 0 Å². The van der Waals surface area contributed by atoms with Crippen LogP contribution in [0.1, 0.15) is 19.4 Å². The van der Waals surface area contributed by atoms with Crippen molar-refractivity contribution < 1.29 is 14.4 Å². The third kappa shape index (κ3) is 2.90. The molecule has 0 saturated carbocycles. The predicted octanol–water partition coefficient (Wildman–Crippen LogP) is 2.30. The topological polar surface area (TPSA) is 66.5 Å². The number of carbonyl (C=O) groups is 3. The maximum absolute atomic E-state index is 12.3. The van der Waals surface area contributed by atoms with Crippen molar-refractivity contribution in [2.45, 2.75) is 20.4 Å². The second-order valence-corrected chi connectivity index (χ2v) is 5.98. The number of benzene rings is 1. The van der Waals surface area contributed by atoms with Gasteiger partial charge in [-0.1, -0.05) is 41.9 Å². The van der Waals surface area contributed by atoms with Crippen molar-refractivity contribution >= 4 is 33.8 Å². The van der Waals surface area contributed by atoms with Crippen LogP contribution < -0.4 is 5.32 Å². The Morgan fingerprint density at radius 3 is 2.35 bits per heavy atom. The van der Waals surface area contributed by atoms with Gasteiger partial charge < -0.3 is 0 Å². The zero-order valence-electron chi connectivity index (χ0n) is 11.2. The van der Waals surface area contributed by atoms with E-state index in [2.05, 4.69) is 21.2 Å². The van der Waals surface area contributed by atoms with Gasteiger partial charge in [-0.05, 0) is 23.6 Å². The molecule has 1 atom stereocenters. The molecule has 1 N–H and O–H groups in total. The highest BCUT2D eigenvalue weighted by molar-refractivity contribution is 9.10. The van der Waals surface area contributed by atoms with Crippen molar-refractivity contribution in [2.75, 3.05) is 0 Å². The van der Waals surface area contributed by atoms with Crippen LogP contribution in [0.25, 0.3) is 0 Å². The fraction of sp³-hybridized carbons (Fsp3) is 0.357. The second kappa shape index (κ2) is 5.75. The monoisotopic (exact) mass is 338 g/mol. The molecule has 1 aliphatic rings. The lowest BCUT2D eigenvalue weighted by atomic mass is 9.92. The van der Waals surface area contributed by atoms with E-state index in [1.54, 1.807) is 13.8 Å². The van der Waals surface area contributed by atoms with E-state index in [9.17, 15) is 14.4 Å². The molecular weight excluding hydrogens is 324 g/mol. The van der Waals surface area contributed by atoms with E-state index < -0.39 is 23.8 Å². The van der Waals surface area contributed by atoms with Crippen molar-refractivity contribution in [3.05, 3.63) is 34.3 Å². The molecule has 0 aromatic heterocycles. The first-order chi connectivity index (χ1) is 9.40. The number of nitrogens with one attached hydrogen (secondary N) is 1. The first kappa shape index (κ1) is 14.7.